The third kappa shape index (κ3) is 4.77. The van der Waals surface area contributed by atoms with E-state index in [1.807, 2.05) is 19.1 Å². The van der Waals surface area contributed by atoms with Gasteiger partial charge >= 0.3 is 0 Å². The summed E-state index contributed by atoms with van der Waals surface area (Å²) in [5, 5.41) is 18.3. The van der Waals surface area contributed by atoms with Crippen LogP contribution in [0.4, 0.5) is 0 Å². The summed E-state index contributed by atoms with van der Waals surface area (Å²) in [6.45, 7) is 1.82. The summed E-state index contributed by atoms with van der Waals surface area (Å²) in [5.41, 5.74) is 6.08. The van der Waals surface area contributed by atoms with Crippen molar-refractivity contribution < 1.29 is 10.2 Å². The molecule has 1 rings (SSSR count). The predicted molar refractivity (Wildman–Crippen MR) is 75.9 cm³/mol. The van der Waals surface area contributed by atoms with E-state index in [-0.39, 0.29) is 17.9 Å². The lowest BCUT2D eigenvalue weighted by Crippen LogP contribution is -2.27. The fraction of sp³-hybridized carbons (Fsp3) is 0.636. The largest absolute Gasteiger partial charge is 0.394 e. The van der Waals surface area contributed by atoms with Crippen LogP contribution in [0.25, 0.3) is 0 Å². The second kappa shape index (κ2) is 7.61. The highest BCUT2D eigenvalue weighted by Gasteiger charge is 2.21. The third-order valence-electron chi connectivity index (χ3n) is 2.41. The number of rotatable bonds is 7. The first kappa shape index (κ1) is 15.3. The van der Waals surface area contributed by atoms with Gasteiger partial charge in [-0.3, -0.25) is 0 Å². The van der Waals surface area contributed by atoms with Crippen molar-refractivity contribution in [1.82, 2.24) is 0 Å². The summed E-state index contributed by atoms with van der Waals surface area (Å²) in [6.07, 6.45) is 0.171. The standard InChI is InChI=1S/C11H18ClNO2S2/c1-2-8(13)11(16-6-7(15)5-14)9-3-4-10(12)17-9/h3-4,7-8,11,14-15H,2,5-6,13H2,1H3. The summed E-state index contributed by atoms with van der Waals surface area (Å²) >= 11 is 9.01. The van der Waals surface area contributed by atoms with Crippen LogP contribution < -0.4 is 5.73 Å². The lowest BCUT2D eigenvalue weighted by molar-refractivity contribution is 0.113. The number of nitrogens with two attached hydrogens (primary N) is 1. The molecule has 1 aromatic heterocycles. The van der Waals surface area contributed by atoms with Gasteiger partial charge in [-0.05, 0) is 18.6 Å². The molecule has 98 valence electrons. The van der Waals surface area contributed by atoms with Gasteiger partial charge in [0.1, 0.15) is 0 Å². The van der Waals surface area contributed by atoms with Gasteiger partial charge in [0.25, 0.3) is 0 Å². The fourth-order valence-corrected chi connectivity index (χ4v) is 4.06. The first-order valence-electron chi connectivity index (χ1n) is 5.49. The summed E-state index contributed by atoms with van der Waals surface area (Å²) < 4.78 is 0.747. The SMILES string of the molecule is CCC(N)C(SCC(O)CO)c1ccc(Cl)s1. The van der Waals surface area contributed by atoms with Crippen molar-refractivity contribution in [3.8, 4) is 0 Å². The van der Waals surface area contributed by atoms with Crippen LogP contribution in [0.15, 0.2) is 12.1 Å². The lowest BCUT2D eigenvalue weighted by atomic mass is 10.1. The van der Waals surface area contributed by atoms with E-state index in [4.69, 9.17) is 22.4 Å². The molecule has 4 N–H and O–H groups in total. The average molecular weight is 296 g/mol. The number of thiophene rings is 1. The van der Waals surface area contributed by atoms with Gasteiger partial charge in [-0.15, -0.1) is 23.1 Å². The van der Waals surface area contributed by atoms with E-state index >= 15 is 0 Å². The maximum absolute atomic E-state index is 9.38. The van der Waals surface area contributed by atoms with Gasteiger partial charge in [0.15, 0.2) is 0 Å². The molecule has 17 heavy (non-hydrogen) atoms. The molecule has 0 aliphatic rings. The van der Waals surface area contributed by atoms with Crippen molar-refractivity contribution in [1.29, 1.82) is 0 Å². The van der Waals surface area contributed by atoms with E-state index in [0.29, 0.717) is 5.75 Å². The van der Waals surface area contributed by atoms with Gasteiger partial charge in [-0.2, -0.15) is 0 Å². The molecule has 0 radical (unpaired) electrons. The van der Waals surface area contributed by atoms with E-state index in [2.05, 4.69) is 0 Å². The molecule has 3 nitrogen and oxygen atoms in total. The molecule has 1 aromatic rings. The second-order valence-electron chi connectivity index (χ2n) is 3.80. The summed E-state index contributed by atoms with van der Waals surface area (Å²) in [4.78, 5) is 1.12. The van der Waals surface area contributed by atoms with Crippen LogP contribution in [-0.4, -0.2) is 34.7 Å². The number of hydrogen-bond acceptors (Lipinski definition) is 5. The Kier molecular flexibility index (Phi) is 6.84. The van der Waals surface area contributed by atoms with Crippen LogP contribution in [0.3, 0.4) is 0 Å². The van der Waals surface area contributed by atoms with Crippen molar-refractivity contribution in [3.05, 3.63) is 21.3 Å². The molecular weight excluding hydrogens is 278 g/mol. The quantitative estimate of drug-likeness (QED) is 0.722. The van der Waals surface area contributed by atoms with E-state index < -0.39 is 6.10 Å². The average Bonchev–Trinajstić information content (AvgIpc) is 2.75. The van der Waals surface area contributed by atoms with Gasteiger partial charge < -0.3 is 15.9 Å². The third-order valence-corrected chi connectivity index (χ3v) is 5.42. The van der Waals surface area contributed by atoms with E-state index in [1.54, 1.807) is 11.8 Å². The van der Waals surface area contributed by atoms with Gasteiger partial charge in [0.05, 0.1) is 22.3 Å². The van der Waals surface area contributed by atoms with Crippen molar-refractivity contribution in [2.45, 2.75) is 30.7 Å². The molecule has 3 unspecified atom stereocenters. The molecule has 0 saturated heterocycles. The van der Waals surface area contributed by atoms with Gasteiger partial charge in [0, 0.05) is 16.7 Å². The van der Waals surface area contributed by atoms with E-state index in [1.165, 1.54) is 11.3 Å². The normalized spacial score (nSPS) is 16.8. The van der Waals surface area contributed by atoms with Crippen LogP contribution in [0, 0.1) is 0 Å². The highest BCUT2D eigenvalue weighted by molar-refractivity contribution is 7.99. The van der Waals surface area contributed by atoms with Gasteiger partial charge in [-0.25, -0.2) is 0 Å². The molecule has 0 aliphatic carbocycles. The van der Waals surface area contributed by atoms with Crippen molar-refractivity contribution >= 4 is 34.7 Å². The number of hydrogen-bond donors (Lipinski definition) is 3. The zero-order valence-electron chi connectivity index (χ0n) is 9.67. The van der Waals surface area contributed by atoms with Crippen molar-refractivity contribution in [2.24, 2.45) is 5.73 Å². The summed E-state index contributed by atoms with van der Waals surface area (Å²) in [7, 11) is 0. The number of halogens is 1. The number of thioether (sulfide) groups is 1. The molecule has 0 spiro atoms. The molecule has 0 bridgehead atoms. The Labute approximate surface area is 115 Å². The van der Waals surface area contributed by atoms with Gasteiger partial charge in [0.2, 0.25) is 0 Å². The minimum atomic E-state index is -0.693. The number of aliphatic hydroxyl groups excluding tert-OH is 2. The Bertz CT molecular complexity index is 335. The van der Waals surface area contributed by atoms with Crippen molar-refractivity contribution in [3.63, 3.8) is 0 Å². The molecule has 0 aliphatic heterocycles. The Hall–Kier alpha value is 0.220. The fourth-order valence-electron chi connectivity index (χ4n) is 1.38. The topological polar surface area (TPSA) is 66.5 Å². The molecule has 6 heteroatoms. The molecular formula is C11H18ClNO2S2. The Morgan fingerprint density at radius 3 is 2.71 bits per heavy atom. The van der Waals surface area contributed by atoms with Crippen LogP contribution in [0.2, 0.25) is 4.34 Å². The molecule has 0 saturated carbocycles. The molecule has 0 amide bonds. The Morgan fingerprint density at radius 1 is 1.53 bits per heavy atom. The first-order valence-corrected chi connectivity index (χ1v) is 7.74. The van der Waals surface area contributed by atoms with E-state index in [9.17, 15) is 5.11 Å². The predicted octanol–water partition coefficient (Wildman–Crippen LogP) is 2.27. The second-order valence-corrected chi connectivity index (χ2v) is 6.73. The van der Waals surface area contributed by atoms with Gasteiger partial charge in [-0.1, -0.05) is 18.5 Å². The molecule has 0 fully saturated rings. The minimum Gasteiger partial charge on any atom is -0.394 e. The van der Waals surface area contributed by atoms with Crippen LogP contribution in [-0.2, 0) is 0 Å². The summed E-state index contributed by atoms with van der Waals surface area (Å²) in [5.74, 6) is 0.477. The van der Waals surface area contributed by atoms with Crippen LogP contribution >= 0.6 is 34.7 Å². The lowest BCUT2D eigenvalue weighted by Gasteiger charge is -2.22. The highest BCUT2D eigenvalue weighted by Crippen LogP contribution is 2.38. The Balaban J connectivity index is 2.67. The summed E-state index contributed by atoms with van der Waals surface area (Å²) in [6, 6.07) is 3.87. The maximum Gasteiger partial charge on any atom is 0.0931 e. The monoisotopic (exact) mass is 295 g/mol. The maximum atomic E-state index is 9.38. The zero-order chi connectivity index (χ0) is 12.8. The van der Waals surface area contributed by atoms with Crippen LogP contribution in [0.1, 0.15) is 23.5 Å². The Morgan fingerprint density at radius 2 is 2.24 bits per heavy atom. The number of aliphatic hydroxyl groups is 2. The molecule has 0 aromatic carbocycles. The van der Waals surface area contributed by atoms with E-state index in [0.717, 1.165) is 15.6 Å². The zero-order valence-corrected chi connectivity index (χ0v) is 12.1. The molecule has 3 atom stereocenters. The van der Waals surface area contributed by atoms with Crippen molar-refractivity contribution in [2.75, 3.05) is 12.4 Å². The van der Waals surface area contributed by atoms with Crippen LogP contribution in [0.5, 0.6) is 0 Å². The smallest absolute Gasteiger partial charge is 0.0931 e. The minimum absolute atomic E-state index is 0.0283. The highest BCUT2D eigenvalue weighted by atomic mass is 35.5. The first-order chi connectivity index (χ1) is 8.08. The molecule has 1 heterocycles.